The fourth-order valence-electron chi connectivity index (χ4n) is 2.28. The van der Waals surface area contributed by atoms with E-state index < -0.39 is 0 Å². The topological polar surface area (TPSA) is 0 Å². The Morgan fingerprint density at radius 2 is 1.82 bits per heavy atom. The molecule has 0 radical (unpaired) electrons. The van der Waals surface area contributed by atoms with Crippen molar-refractivity contribution in [2.45, 2.75) is 39.5 Å². The number of allylic oxidation sites excluding steroid dienone is 4. The maximum absolute atomic E-state index is 2.37. The van der Waals surface area contributed by atoms with E-state index in [2.05, 4.69) is 56.3 Å². The van der Waals surface area contributed by atoms with Crippen LogP contribution in [-0.4, -0.2) is 0 Å². The Kier molecular flexibility index (Phi) is 4.19. The molecule has 0 heterocycles. The van der Waals surface area contributed by atoms with E-state index in [1.165, 1.54) is 36.0 Å². The molecule has 0 fully saturated rings. The third-order valence-corrected chi connectivity index (χ3v) is 3.61. The van der Waals surface area contributed by atoms with Crippen LogP contribution in [-0.2, 0) is 12.8 Å². The van der Waals surface area contributed by atoms with Crippen molar-refractivity contribution in [1.29, 1.82) is 0 Å². The van der Waals surface area contributed by atoms with Crippen LogP contribution in [0, 0.1) is 5.92 Å². The Bertz CT molecular complexity index is 406. The van der Waals surface area contributed by atoms with Crippen LogP contribution in [0.2, 0.25) is 0 Å². The van der Waals surface area contributed by atoms with Crippen LogP contribution >= 0.6 is 0 Å². The predicted octanol–water partition coefficient (Wildman–Crippen LogP) is 4.70. The molecule has 90 valence electrons. The minimum Gasteiger partial charge on any atom is -0.0810 e. The molecule has 1 atom stereocenters. The summed E-state index contributed by atoms with van der Waals surface area (Å²) in [6.07, 6.45) is 11.8. The summed E-state index contributed by atoms with van der Waals surface area (Å²) in [6.45, 7) is 4.38. The highest BCUT2D eigenvalue weighted by atomic mass is 14.1. The van der Waals surface area contributed by atoms with Crippen molar-refractivity contribution >= 4 is 0 Å². The van der Waals surface area contributed by atoms with Gasteiger partial charge in [-0.3, -0.25) is 0 Å². The minimum atomic E-state index is 0.740. The van der Waals surface area contributed by atoms with Crippen LogP contribution in [0.1, 0.15) is 37.8 Å². The van der Waals surface area contributed by atoms with E-state index in [4.69, 9.17) is 0 Å². The van der Waals surface area contributed by atoms with Crippen molar-refractivity contribution in [3.63, 3.8) is 0 Å². The second-order valence-electron chi connectivity index (χ2n) is 5.01. The second kappa shape index (κ2) is 5.86. The summed E-state index contributed by atoms with van der Waals surface area (Å²) in [5, 5.41) is 0. The van der Waals surface area contributed by atoms with Crippen LogP contribution in [0.5, 0.6) is 0 Å². The van der Waals surface area contributed by atoms with Gasteiger partial charge in [0, 0.05) is 0 Å². The van der Waals surface area contributed by atoms with Crippen LogP contribution < -0.4 is 0 Å². The largest absolute Gasteiger partial charge is 0.0810 e. The molecule has 1 aliphatic carbocycles. The first kappa shape index (κ1) is 12.2. The number of benzene rings is 1. The van der Waals surface area contributed by atoms with Gasteiger partial charge in [-0.05, 0) is 49.7 Å². The van der Waals surface area contributed by atoms with Gasteiger partial charge in [-0.25, -0.2) is 0 Å². The quantitative estimate of drug-likeness (QED) is 0.698. The molecule has 0 saturated heterocycles. The Morgan fingerprint density at radius 3 is 2.41 bits per heavy atom. The molecule has 0 aromatic heterocycles. The van der Waals surface area contributed by atoms with E-state index in [0.29, 0.717) is 0 Å². The third kappa shape index (κ3) is 3.59. The smallest absolute Gasteiger partial charge is 0.0192 e. The molecule has 0 nitrogen and oxygen atoms in total. The van der Waals surface area contributed by atoms with Crippen molar-refractivity contribution in [3.8, 4) is 0 Å². The van der Waals surface area contributed by atoms with Gasteiger partial charge in [-0.2, -0.15) is 0 Å². The monoisotopic (exact) mass is 226 g/mol. The molecular formula is C17H22. The lowest BCUT2D eigenvalue weighted by Gasteiger charge is -2.14. The molecule has 0 heteroatoms. The predicted molar refractivity (Wildman–Crippen MR) is 75.1 cm³/mol. The molecule has 0 amide bonds. The van der Waals surface area contributed by atoms with Gasteiger partial charge < -0.3 is 0 Å². The Hall–Kier alpha value is -1.30. The summed E-state index contributed by atoms with van der Waals surface area (Å²) in [4.78, 5) is 0. The normalized spacial score (nSPS) is 19.2. The molecule has 1 aromatic rings. The molecule has 0 bridgehead atoms. The van der Waals surface area contributed by atoms with E-state index in [0.717, 1.165) is 12.3 Å². The zero-order chi connectivity index (χ0) is 12.1. The van der Waals surface area contributed by atoms with Crippen LogP contribution in [0.25, 0.3) is 0 Å². The summed E-state index contributed by atoms with van der Waals surface area (Å²) < 4.78 is 0. The molecule has 1 unspecified atom stereocenters. The molecule has 1 aromatic carbocycles. The molecule has 0 aliphatic heterocycles. The average Bonchev–Trinajstić information content (AvgIpc) is 2.39. The molecule has 0 N–H and O–H groups in total. The molecule has 1 aliphatic rings. The Labute approximate surface area is 105 Å². The standard InChI is InChI=1S/C17H22/c1-3-15-8-10-17(11-9-15)13-12-16-6-4-14(2)5-7-16/h4-6,8-11,16H,3,7,12-13H2,1-2H3. The fourth-order valence-corrected chi connectivity index (χ4v) is 2.28. The summed E-state index contributed by atoms with van der Waals surface area (Å²) in [5.41, 5.74) is 4.32. The zero-order valence-electron chi connectivity index (χ0n) is 10.9. The van der Waals surface area contributed by atoms with Gasteiger partial charge in [0.1, 0.15) is 0 Å². The van der Waals surface area contributed by atoms with Gasteiger partial charge in [0.15, 0.2) is 0 Å². The highest BCUT2D eigenvalue weighted by Gasteiger charge is 2.07. The summed E-state index contributed by atoms with van der Waals surface area (Å²) in [6, 6.07) is 9.09. The fraction of sp³-hybridized carbons (Fsp3) is 0.412. The van der Waals surface area contributed by atoms with Crippen molar-refractivity contribution in [2.75, 3.05) is 0 Å². The second-order valence-corrected chi connectivity index (χ2v) is 5.01. The summed E-state index contributed by atoms with van der Waals surface area (Å²) in [7, 11) is 0. The highest BCUT2D eigenvalue weighted by Crippen LogP contribution is 2.21. The van der Waals surface area contributed by atoms with Gasteiger partial charge >= 0.3 is 0 Å². The van der Waals surface area contributed by atoms with E-state index in [-0.39, 0.29) is 0 Å². The van der Waals surface area contributed by atoms with Gasteiger partial charge in [-0.1, -0.05) is 55.0 Å². The van der Waals surface area contributed by atoms with Crippen molar-refractivity contribution < 1.29 is 0 Å². The average molecular weight is 226 g/mol. The van der Waals surface area contributed by atoms with E-state index in [9.17, 15) is 0 Å². The lowest BCUT2D eigenvalue weighted by atomic mass is 9.91. The van der Waals surface area contributed by atoms with Gasteiger partial charge in [0.05, 0.1) is 0 Å². The first-order chi connectivity index (χ1) is 8.28. The van der Waals surface area contributed by atoms with Gasteiger partial charge in [0.2, 0.25) is 0 Å². The Balaban J connectivity index is 1.84. The van der Waals surface area contributed by atoms with Crippen molar-refractivity contribution in [3.05, 3.63) is 59.2 Å². The zero-order valence-corrected chi connectivity index (χ0v) is 10.9. The number of hydrogen-bond acceptors (Lipinski definition) is 0. The third-order valence-electron chi connectivity index (χ3n) is 3.61. The van der Waals surface area contributed by atoms with Crippen LogP contribution in [0.15, 0.2) is 48.1 Å². The van der Waals surface area contributed by atoms with Gasteiger partial charge in [0.25, 0.3) is 0 Å². The molecular weight excluding hydrogens is 204 g/mol. The molecule has 2 rings (SSSR count). The first-order valence-electron chi connectivity index (χ1n) is 6.70. The maximum atomic E-state index is 2.37. The van der Waals surface area contributed by atoms with E-state index in [1.54, 1.807) is 0 Å². The first-order valence-corrected chi connectivity index (χ1v) is 6.70. The molecule has 0 saturated carbocycles. The summed E-state index contributed by atoms with van der Waals surface area (Å²) in [5.74, 6) is 0.740. The minimum absolute atomic E-state index is 0.740. The van der Waals surface area contributed by atoms with Gasteiger partial charge in [-0.15, -0.1) is 0 Å². The maximum Gasteiger partial charge on any atom is -0.0192 e. The van der Waals surface area contributed by atoms with Crippen molar-refractivity contribution in [1.82, 2.24) is 0 Å². The number of rotatable bonds is 4. The van der Waals surface area contributed by atoms with Crippen molar-refractivity contribution in [2.24, 2.45) is 5.92 Å². The highest BCUT2D eigenvalue weighted by molar-refractivity contribution is 5.24. The Morgan fingerprint density at radius 1 is 1.12 bits per heavy atom. The summed E-state index contributed by atoms with van der Waals surface area (Å²) >= 11 is 0. The van der Waals surface area contributed by atoms with E-state index in [1.807, 2.05) is 0 Å². The number of aryl methyl sites for hydroxylation is 2. The van der Waals surface area contributed by atoms with Crippen LogP contribution in [0.4, 0.5) is 0 Å². The molecule has 17 heavy (non-hydrogen) atoms. The van der Waals surface area contributed by atoms with Crippen LogP contribution in [0.3, 0.4) is 0 Å². The SMILES string of the molecule is CCc1ccc(CCC2C=CC(C)=CC2)cc1. The lowest BCUT2D eigenvalue weighted by molar-refractivity contribution is 0.592. The lowest BCUT2D eigenvalue weighted by Crippen LogP contribution is -2.01. The number of hydrogen-bond donors (Lipinski definition) is 0. The van der Waals surface area contributed by atoms with E-state index >= 15 is 0 Å². The molecule has 0 spiro atoms.